The molecule has 3 rings (SSSR count). The molecular formula is C18H26N4O3. The molecule has 1 unspecified atom stereocenters. The van der Waals surface area contributed by atoms with Gasteiger partial charge in [0.15, 0.2) is 0 Å². The third-order valence-electron chi connectivity index (χ3n) is 4.75. The van der Waals surface area contributed by atoms with Crippen LogP contribution >= 0.6 is 0 Å². The highest BCUT2D eigenvalue weighted by atomic mass is 16.6. The Labute approximate surface area is 147 Å². The number of nitrogens with zero attached hydrogens (tertiary/aromatic N) is 2. The van der Waals surface area contributed by atoms with Crippen molar-refractivity contribution >= 4 is 17.8 Å². The van der Waals surface area contributed by atoms with Gasteiger partial charge in [0, 0.05) is 24.3 Å². The summed E-state index contributed by atoms with van der Waals surface area (Å²) in [5, 5.41) is 3.00. The van der Waals surface area contributed by atoms with Crippen LogP contribution in [0.3, 0.4) is 0 Å². The Morgan fingerprint density at radius 2 is 1.88 bits per heavy atom. The summed E-state index contributed by atoms with van der Waals surface area (Å²) in [5.41, 5.74) is 5.20. The summed E-state index contributed by atoms with van der Waals surface area (Å²) in [7, 11) is 0. The molecule has 0 aromatic carbocycles. The predicted molar refractivity (Wildman–Crippen MR) is 94.4 cm³/mol. The molecule has 136 valence electrons. The van der Waals surface area contributed by atoms with E-state index in [1.54, 1.807) is 6.07 Å². The molecule has 3 N–H and O–H groups in total. The van der Waals surface area contributed by atoms with Gasteiger partial charge in [-0.05, 0) is 58.6 Å². The van der Waals surface area contributed by atoms with Crippen LogP contribution in [-0.2, 0) is 4.74 Å². The number of nitrogens with two attached hydrogens (primary N) is 1. The van der Waals surface area contributed by atoms with Gasteiger partial charge in [0.05, 0.1) is 5.56 Å². The average Bonchev–Trinajstić information content (AvgIpc) is 2.76. The average molecular weight is 346 g/mol. The summed E-state index contributed by atoms with van der Waals surface area (Å²) in [4.78, 5) is 29.9. The number of fused-ring (bicyclic) bond motifs is 2. The molecule has 7 nitrogen and oxygen atoms in total. The molecular weight excluding hydrogens is 320 g/mol. The first-order chi connectivity index (χ1) is 11.7. The number of ether oxygens (including phenoxy) is 1. The highest BCUT2D eigenvalue weighted by Crippen LogP contribution is 2.38. The van der Waals surface area contributed by atoms with Gasteiger partial charge in [-0.1, -0.05) is 0 Å². The van der Waals surface area contributed by atoms with Gasteiger partial charge < -0.3 is 20.7 Å². The van der Waals surface area contributed by atoms with Crippen LogP contribution in [0.25, 0.3) is 0 Å². The van der Waals surface area contributed by atoms with Crippen molar-refractivity contribution < 1.29 is 14.3 Å². The van der Waals surface area contributed by atoms with E-state index in [0.29, 0.717) is 17.6 Å². The number of amides is 2. The minimum atomic E-state index is -0.490. The van der Waals surface area contributed by atoms with E-state index < -0.39 is 11.5 Å². The molecule has 2 aliphatic rings. The van der Waals surface area contributed by atoms with Gasteiger partial charge in [-0.15, -0.1) is 0 Å². The van der Waals surface area contributed by atoms with Crippen LogP contribution in [-0.4, -0.2) is 40.7 Å². The number of nitrogens with one attached hydrogen (secondary N) is 1. The van der Waals surface area contributed by atoms with Gasteiger partial charge in [0.1, 0.15) is 11.4 Å². The van der Waals surface area contributed by atoms with Crippen molar-refractivity contribution in [2.24, 2.45) is 5.73 Å². The fourth-order valence-corrected chi connectivity index (χ4v) is 3.83. The Balaban J connectivity index is 1.64. The number of hydrogen-bond donors (Lipinski definition) is 2. The number of carbonyl (C=O) groups is 2. The molecule has 0 saturated carbocycles. The van der Waals surface area contributed by atoms with E-state index in [9.17, 15) is 9.59 Å². The van der Waals surface area contributed by atoms with Crippen LogP contribution < -0.4 is 16.0 Å². The predicted octanol–water partition coefficient (Wildman–Crippen LogP) is 2.21. The minimum absolute atomic E-state index is 0.119. The normalized spacial score (nSPS) is 25.6. The summed E-state index contributed by atoms with van der Waals surface area (Å²) in [6.07, 6.45) is 5.08. The Kier molecular flexibility index (Phi) is 4.58. The molecule has 0 aliphatic carbocycles. The number of piperidine rings is 1. The topological polar surface area (TPSA) is 97.5 Å². The summed E-state index contributed by atoms with van der Waals surface area (Å²) in [6, 6.07) is 4.37. The number of hydrogen-bond acceptors (Lipinski definition) is 5. The molecule has 1 aromatic heterocycles. The zero-order chi connectivity index (χ0) is 18.2. The molecule has 2 saturated heterocycles. The Morgan fingerprint density at radius 1 is 1.24 bits per heavy atom. The summed E-state index contributed by atoms with van der Waals surface area (Å²) in [6.45, 7) is 5.58. The highest BCUT2D eigenvalue weighted by Gasteiger charge is 2.42. The lowest BCUT2D eigenvalue weighted by atomic mass is 9.97. The molecule has 0 spiro atoms. The van der Waals surface area contributed by atoms with E-state index in [1.165, 1.54) is 6.20 Å². The number of anilines is 1. The molecule has 2 aliphatic heterocycles. The van der Waals surface area contributed by atoms with Crippen LogP contribution in [0, 0.1) is 0 Å². The lowest BCUT2D eigenvalue weighted by Gasteiger charge is -2.40. The van der Waals surface area contributed by atoms with Gasteiger partial charge in [-0.25, -0.2) is 9.78 Å². The van der Waals surface area contributed by atoms with Crippen molar-refractivity contribution in [2.75, 3.05) is 4.90 Å². The van der Waals surface area contributed by atoms with E-state index >= 15 is 0 Å². The van der Waals surface area contributed by atoms with E-state index in [-0.39, 0.29) is 12.1 Å². The van der Waals surface area contributed by atoms with E-state index in [0.717, 1.165) is 31.5 Å². The zero-order valence-corrected chi connectivity index (χ0v) is 15.0. The van der Waals surface area contributed by atoms with Crippen molar-refractivity contribution in [1.29, 1.82) is 0 Å². The Bertz CT molecular complexity index is 639. The number of alkyl carbamates (subject to hydrolysis) is 1. The lowest BCUT2D eigenvalue weighted by molar-refractivity contribution is 0.0492. The molecule has 3 heterocycles. The molecule has 3 atom stereocenters. The largest absolute Gasteiger partial charge is 0.444 e. The van der Waals surface area contributed by atoms with Crippen molar-refractivity contribution in [2.45, 2.75) is 70.2 Å². The zero-order valence-electron chi connectivity index (χ0n) is 15.0. The maximum atomic E-state index is 12.0. The SMILES string of the molecule is CC(C)(C)OC(=O)NC1C[C@H]2CC[C@@H](C1)N2c1ccc(C(N)=O)cn1. The van der Waals surface area contributed by atoms with Crippen molar-refractivity contribution in [3.05, 3.63) is 23.9 Å². The van der Waals surface area contributed by atoms with Gasteiger partial charge in [-0.3, -0.25) is 4.79 Å². The number of pyridine rings is 1. The molecule has 7 heteroatoms. The quantitative estimate of drug-likeness (QED) is 0.874. The summed E-state index contributed by atoms with van der Waals surface area (Å²) in [5.74, 6) is 0.399. The second-order valence-corrected chi connectivity index (χ2v) is 7.88. The molecule has 2 amide bonds. The number of carbonyl (C=O) groups excluding carboxylic acids is 2. The van der Waals surface area contributed by atoms with Crippen LogP contribution in [0.4, 0.5) is 10.6 Å². The Morgan fingerprint density at radius 3 is 2.36 bits per heavy atom. The lowest BCUT2D eigenvalue weighted by Crippen LogP contribution is -2.51. The number of primary amides is 1. The molecule has 25 heavy (non-hydrogen) atoms. The second-order valence-electron chi connectivity index (χ2n) is 7.88. The van der Waals surface area contributed by atoms with Gasteiger partial charge in [0.2, 0.25) is 5.91 Å². The van der Waals surface area contributed by atoms with Crippen molar-refractivity contribution in [3.8, 4) is 0 Å². The fourth-order valence-electron chi connectivity index (χ4n) is 3.83. The summed E-state index contributed by atoms with van der Waals surface area (Å²) < 4.78 is 5.36. The smallest absolute Gasteiger partial charge is 0.407 e. The molecule has 2 fully saturated rings. The van der Waals surface area contributed by atoms with Gasteiger partial charge in [-0.2, -0.15) is 0 Å². The van der Waals surface area contributed by atoms with Crippen molar-refractivity contribution in [1.82, 2.24) is 10.3 Å². The number of rotatable bonds is 3. The maximum Gasteiger partial charge on any atom is 0.407 e. The van der Waals surface area contributed by atoms with E-state index in [4.69, 9.17) is 10.5 Å². The van der Waals surface area contributed by atoms with Crippen LogP contribution in [0.1, 0.15) is 56.8 Å². The first-order valence-corrected chi connectivity index (χ1v) is 8.76. The van der Waals surface area contributed by atoms with E-state index in [2.05, 4.69) is 15.2 Å². The fraction of sp³-hybridized carbons (Fsp3) is 0.611. The van der Waals surface area contributed by atoms with E-state index in [1.807, 2.05) is 26.8 Å². The first-order valence-electron chi connectivity index (χ1n) is 8.76. The van der Waals surface area contributed by atoms with Gasteiger partial charge in [0.25, 0.3) is 0 Å². The van der Waals surface area contributed by atoms with Crippen molar-refractivity contribution in [3.63, 3.8) is 0 Å². The standard InChI is InChI=1S/C18H26N4O3/c1-18(2,3)25-17(24)21-12-8-13-5-6-14(9-12)22(13)15-7-4-11(10-20-15)16(19)23/h4,7,10,12-14H,5-6,8-9H2,1-3H3,(H2,19,23)(H,21,24)/t12?,13-,14+. The van der Waals surface area contributed by atoms with Gasteiger partial charge >= 0.3 is 6.09 Å². The first kappa shape index (κ1) is 17.5. The summed E-state index contributed by atoms with van der Waals surface area (Å²) >= 11 is 0. The highest BCUT2D eigenvalue weighted by molar-refractivity contribution is 5.92. The minimum Gasteiger partial charge on any atom is -0.444 e. The maximum absolute atomic E-state index is 12.0. The van der Waals surface area contributed by atoms with Crippen LogP contribution in [0.5, 0.6) is 0 Å². The monoisotopic (exact) mass is 346 g/mol. The second kappa shape index (κ2) is 6.54. The number of aromatic nitrogens is 1. The molecule has 1 aromatic rings. The Hall–Kier alpha value is -2.31. The third-order valence-corrected chi connectivity index (χ3v) is 4.75. The van der Waals surface area contributed by atoms with Crippen LogP contribution in [0.2, 0.25) is 0 Å². The van der Waals surface area contributed by atoms with Crippen LogP contribution in [0.15, 0.2) is 18.3 Å². The molecule has 0 radical (unpaired) electrons. The molecule has 2 bridgehead atoms. The third kappa shape index (κ3) is 4.03.